The summed E-state index contributed by atoms with van der Waals surface area (Å²) < 4.78 is 6.01. The molecule has 2 aromatic rings. The fourth-order valence-corrected chi connectivity index (χ4v) is 2.70. The molecule has 3 nitrogen and oxygen atoms in total. The summed E-state index contributed by atoms with van der Waals surface area (Å²) in [5, 5.41) is 5.07. The molecular formula is C12H9BrClNO2S. The van der Waals surface area contributed by atoms with E-state index in [0.717, 1.165) is 3.79 Å². The van der Waals surface area contributed by atoms with Crippen LogP contribution >= 0.6 is 38.9 Å². The van der Waals surface area contributed by atoms with Crippen molar-refractivity contribution in [2.24, 2.45) is 0 Å². The number of benzene rings is 1. The highest BCUT2D eigenvalue weighted by Gasteiger charge is 2.09. The standard InChI is InChI=1S/C12H9BrClNO2S/c1-17-10-5-8(2-3-9(10)14)15-12(16)7-4-11(13)18-6-7/h2-6H,1H3,(H,15,16). The second-order valence-electron chi connectivity index (χ2n) is 3.44. The van der Waals surface area contributed by atoms with Gasteiger partial charge in [0.2, 0.25) is 0 Å². The van der Waals surface area contributed by atoms with Crippen molar-refractivity contribution in [1.82, 2.24) is 0 Å². The van der Waals surface area contributed by atoms with Gasteiger partial charge in [-0.1, -0.05) is 11.6 Å². The zero-order chi connectivity index (χ0) is 13.1. The smallest absolute Gasteiger partial charge is 0.256 e. The Morgan fingerprint density at radius 3 is 2.83 bits per heavy atom. The summed E-state index contributed by atoms with van der Waals surface area (Å²) in [4.78, 5) is 11.9. The molecule has 0 unspecified atom stereocenters. The summed E-state index contributed by atoms with van der Waals surface area (Å²) in [7, 11) is 1.53. The number of ether oxygens (including phenoxy) is 1. The third-order valence-corrected chi connectivity index (χ3v) is 4.06. The van der Waals surface area contributed by atoms with Crippen LogP contribution in [0, 0.1) is 0 Å². The number of anilines is 1. The molecule has 0 atom stereocenters. The molecule has 0 aliphatic heterocycles. The van der Waals surface area contributed by atoms with E-state index in [2.05, 4.69) is 21.2 Å². The number of halogens is 2. The van der Waals surface area contributed by atoms with Gasteiger partial charge in [0.15, 0.2) is 0 Å². The van der Waals surface area contributed by atoms with Gasteiger partial charge >= 0.3 is 0 Å². The lowest BCUT2D eigenvalue weighted by molar-refractivity contribution is 0.102. The van der Waals surface area contributed by atoms with Crippen LogP contribution in [0.4, 0.5) is 5.69 Å². The van der Waals surface area contributed by atoms with E-state index < -0.39 is 0 Å². The minimum atomic E-state index is -0.165. The van der Waals surface area contributed by atoms with Gasteiger partial charge in [-0.25, -0.2) is 0 Å². The summed E-state index contributed by atoms with van der Waals surface area (Å²) in [6.07, 6.45) is 0. The van der Waals surface area contributed by atoms with Crippen molar-refractivity contribution in [2.45, 2.75) is 0 Å². The third kappa shape index (κ3) is 3.04. The number of carbonyl (C=O) groups is 1. The molecule has 0 saturated heterocycles. The largest absolute Gasteiger partial charge is 0.495 e. The zero-order valence-corrected chi connectivity index (χ0v) is 12.5. The molecule has 18 heavy (non-hydrogen) atoms. The number of hydrogen-bond donors (Lipinski definition) is 1. The summed E-state index contributed by atoms with van der Waals surface area (Å²) in [5.74, 6) is 0.363. The van der Waals surface area contributed by atoms with E-state index in [1.807, 2.05) is 0 Å². The normalized spacial score (nSPS) is 10.2. The van der Waals surface area contributed by atoms with Crippen LogP contribution < -0.4 is 10.1 Å². The maximum atomic E-state index is 11.9. The molecule has 1 aromatic carbocycles. The molecule has 0 fully saturated rings. The quantitative estimate of drug-likeness (QED) is 0.893. The predicted molar refractivity (Wildman–Crippen MR) is 78.0 cm³/mol. The Bertz CT molecular complexity index is 585. The van der Waals surface area contributed by atoms with E-state index in [9.17, 15) is 4.79 Å². The van der Waals surface area contributed by atoms with E-state index in [-0.39, 0.29) is 5.91 Å². The fraction of sp³-hybridized carbons (Fsp3) is 0.0833. The van der Waals surface area contributed by atoms with Crippen LogP contribution in [0.25, 0.3) is 0 Å². The van der Waals surface area contributed by atoms with Gasteiger partial charge in [0.25, 0.3) is 5.91 Å². The minimum absolute atomic E-state index is 0.165. The van der Waals surface area contributed by atoms with Crippen LogP contribution in [-0.2, 0) is 0 Å². The number of hydrogen-bond acceptors (Lipinski definition) is 3. The van der Waals surface area contributed by atoms with Crippen molar-refractivity contribution >= 4 is 50.5 Å². The van der Waals surface area contributed by atoms with E-state index in [4.69, 9.17) is 16.3 Å². The number of methoxy groups -OCH3 is 1. The van der Waals surface area contributed by atoms with Crippen LogP contribution in [0.3, 0.4) is 0 Å². The molecule has 1 heterocycles. The average molecular weight is 347 g/mol. The minimum Gasteiger partial charge on any atom is -0.495 e. The van der Waals surface area contributed by atoms with Crippen LogP contribution in [0.5, 0.6) is 5.75 Å². The summed E-state index contributed by atoms with van der Waals surface area (Å²) in [6, 6.07) is 6.86. The first kappa shape index (κ1) is 13.4. The van der Waals surface area contributed by atoms with Crippen molar-refractivity contribution in [1.29, 1.82) is 0 Å². The van der Waals surface area contributed by atoms with Crippen LogP contribution in [-0.4, -0.2) is 13.0 Å². The molecule has 0 spiro atoms. The molecule has 1 amide bonds. The number of thiophene rings is 1. The molecule has 0 bridgehead atoms. The Morgan fingerprint density at radius 2 is 2.22 bits per heavy atom. The first-order valence-electron chi connectivity index (χ1n) is 4.99. The third-order valence-electron chi connectivity index (χ3n) is 2.24. The van der Waals surface area contributed by atoms with E-state index in [1.165, 1.54) is 18.4 Å². The van der Waals surface area contributed by atoms with Gasteiger partial charge in [0.1, 0.15) is 5.75 Å². The highest BCUT2D eigenvalue weighted by molar-refractivity contribution is 9.11. The Labute approximate surface area is 122 Å². The van der Waals surface area contributed by atoms with Gasteiger partial charge in [-0.3, -0.25) is 4.79 Å². The van der Waals surface area contributed by atoms with Crippen LogP contribution in [0.1, 0.15) is 10.4 Å². The van der Waals surface area contributed by atoms with Gasteiger partial charge in [-0.15, -0.1) is 11.3 Å². The van der Waals surface area contributed by atoms with E-state index >= 15 is 0 Å². The zero-order valence-electron chi connectivity index (χ0n) is 9.37. The molecule has 1 N–H and O–H groups in total. The fourth-order valence-electron chi connectivity index (χ4n) is 1.37. The first-order chi connectivity index (χ1) is 8.60. The van der Waals surface area contributed by atoms with Gasteiger partial charge in [-0.05, 0) is 34.1 Å². The van der Waals surface area contributed by atoms with Crippen molar-refractivity contribution < 1.29 is 9.53 Å². The SMILES string of the molecule is COc1cc(NC(=O)c2csc(Br)c2)ccc1Cl. The van der Waals surface area contributed by atoms with Crippen molar-refractivity contribution in [3.05, 3.63) is 44.0 Å². The lowest BCUT2D eigenvalue weighted by Gasteiger charge is -2.07. The number of nitrogens with one attached hydrogen (secondary N) is 1. The Morgan fingerprint density at radius 1 is 1.44 bits per heavy atom. The van der Waals surface area contributed by atoms with Gasteiger partial charge < -0.3 is 10.1 Å². The molecule has 0 aliphatic carbocycles. The van der Waals surface area contributed by atoms with Crippen LogP contribution in [0.15, 0.2) is 33.4 Å². The molecular weight excluding hydrogens is 338 g/mol. The highest BCUT2D eigenvalue weighted by Crippen LogP contribution is 2.28. The Kier molecular flexibility index (Phi) is 4.27. The Hall–Kier alpha value is -1.04. The average Bonchev–Trinajstić information content (AvgIpc) is 2.78. The monoisotopic (exact) mass is 345 g/mol. The topological polar surface area (TPSA) is 38.3 Å². The van der Waals surface area contributed by atoms with Crippen LogP contribution in [0.2, 0.25) is 5.02 Å². The van der Waals surface area contributed by atoms with Gasteiger partial charge in [-0.2, -0.15) is 0 Å². The molecule has 1 aromatic heterocycles. The number of carbonyl (C=O) groups excluding carboxylic acids is 1. The van der Waals surface area contributed by atoms with E-state index in [1.54, 1.807) is 29.6 Å². The lowest BCUT2D eigenvalue weighted by atomic mass is 10.2. The summed E-state index contributed by atoms with van der Waals surface area (Å²) in [6.45, 7) is 0. The maximum absolute atomic E-state index is 11.9. The molecule has 6 heteroatoms. The molecule has 0 aliphatic rings. The molecule has 2 rings (SSSR count). The molecule has 0 radical (unpaired) electrons. The molecule has 0 saturated carbocycles. The highest BCUT2D eigenvalue weighted by atomic mass is 79.9. The summed E-state index contributed by atoms with van der Waals surface area (Å²) in [5.41, 5.74) is 1.25. The van der Waals surface area contributed by atoms with Crippen molar-refractivity contribution in [2.75, 3.05) is 12.4 Å². The van der Waals surface area contributed by atoms with Gasteiger partial charge in [0.05, 0.1) is 21.5 Å². The molecule has 94 valence electrons. The van der Waals surface area contributed by atoms with Crippen molar-refractivity contribution in [3.8, 4) is 5.75 Å². The van der Waals surface area contributed by atoms with Crippen molar-refractivity contribution in [3.63, 3.8) is 0 Å². The lowest BCUT2D eigenvalue weighted by Crippen LogP contribution is -2.10. The van der Waals surface area contributed by atoms with E-state index in [0.29, 0.717) is 22.0 Å². The second kappa shape index (κ2) is 5.73. The summed E-state index contributed by atoms with van der Waals surface area (Å²) >= 11 is 10.7. The Balaban J connectivity index is 2.16. The maximum Gasteiger partial charge on any atom is 0.256 e. The van der Waals surface area contributed by atoms with Gasteiger partial charge in [0, 0.05) is 17.1 Å². The first-order valence-corrected chi connectivity index (χ1v) is 7.04. The number of rotatable bonds is 3. The predicted octanol–water partition coefficient (Wildman–Crippen LogP) is 4.42. The number of amides is 1. The second-order valence-corrected chi connectivity index (χ2v) is 6.14.